The topological polar surface area (TPSA) is 35.5 Å². The Hall–Kier alpha value is -0.490. The van der Waals surface area contributed by atoms with E-state index in [0.717, 1.165) is 42.6 Å². The fraction of sp³-hybridized carbons (Fsp3) is 0.538. The van der Waals surface area contributed by atoms with Crippen LogP contribution in [0.4, 0.5) is 4.39 Å². The Kier molecular flexibility index (Phi) is 5.12. The lowest BCUT2D eigenvalue weighted by molar-refractivity contribution is 0.129. The molecule has 1 aliphatic heterocycles. The summed E-state index contributed by atoms with van der Waals surface area (Å²) >= 11 is 3.44. The summed E-state index contributed by atoms with van der Waals surface area (Å²) in [7, 11) is 0. The maximum Gasteiger partial charge on any atom is 0.123 e. The van der Waals surface area contributed by atoms with Gasteiger partial charge in [-0.15, -0.1) is 0 Å². The zero-order valence-electron chi connectivity index (χ0n) is 10.2. The molecule has 0 spiro atoms. The number of benzene rings is 1. The number of halogens is 2. The van der Waals surface area contributed by atoms with Crippen LogP contribution in [-0.4, -0.2) is 42.8 Å². The predicted octanol–water partition coefficient (Wildman–Crippen LogP) is 1.92. The molecule has 1 heterocycles. The van der Waals surface area contributed by atoms with E-state index in [2.05, 4.69) is 26.1 Å². The molecule has 18 heavy (non-hydrogen) atoms. The van der Waals surface area contributed by atoms with Crippen molar-refractivity contribution in [2.45, 2.75) is 12.5 Å². The fourth-order valence-electron chi connectivity index (χ4n) is 2.36. The zero-order valence-corrected chi connectivity index (χ0v) is 11.8. The Morgan fingerprint density at radius 1 is 1.39 bits per heavy atom. The molecular formula is C13H18BrFN2O. The molecule has 1 aliphatic rings. The largest absolute Gasteiger partial charge is 0.394 e. The van der Waals surface area contributed by atoms with Crippen molar-refractivity contribution in [1.29, 1.82) is 0 Å². The molecule has 2 N–H and O–H groups in total. The second-order valence-electron chi connectivity index (χ2n) is 4.50. The van der Waals surface area contributed by atoms with Gasteiger partial charge in [0.25, 0.3) is 0 Å². The SMILES string of the molecule is OCC(c1cc(F)ccc1Br)N1CCCNCC1. The van der Waals surface area contributed by atoms with Gasteiger partial charge < -0.3 is 10.4 Å². The highest BCUT2D eigenvalue weighted by atomic mass is 79.9. The van der Waals surface area contributed by atoms with Crippen molar-refractivity contribution in [1.82, 2.24) is 10.2 Å². The highest BCUT2D eigenvalue weighted by molar-refractivity contribution is 9.10. The van der Waals surface area contributed by atoms with Gasteiger partial charge in [0.2, 0.25) is 0 Å². The lowest BCUT2D eigenvalue weighted by Gasteiger charge is -2.30. The van der Waals surface area contributed by atoms with E-state index in [9.17, 15) is 9.50 Å². The average molecular weight is 317 g/mol. The molecule has 1 aromatic carbocycles. The number of aliphatic hydroxyl groups excluding tert-OH is 1. The number of aliphatic hydroxyl groups is 1. The monoisotopic (exact) mass is 316 g/mol. The first-order valence-corrected chi connectivity index (χ1v) is 7.02. The number of rotatable bonds is 3. The van der Waals surface area contributed by atoms with Gasteiger partial charge in [-0.3, -0.25) is 4.90 Å². The highest BCUT2D eigenvalue weighted by Gasteiger charge is 2.22. The lowest BCUT2D eigenvalue weighted by Crippen LogP contribution is -2.34. The Labute approximate surface area is 115 Å². The zero-order chi connectivity index (χ0) is 13.0. The lowest BCUT2D eigenvalue weighted by atomic mass is 10.1. The van der Waals surface area contributed by atoms with Gasteiger partial charge in [-0.05, 0) is 36.7 Å². The highest BCUT2D eigenvalue weighted by Crippen LogP contribution is 2.28. The molecule has 0 amide bonds. The number of nitrogens with zero attached hydrogens (tertiary/aromatic N) is 1. The first kappa shape index (κ1) is 13.9. The fourth-order valence-corrected chi connectivity index (χ4v) is 2.87. The van der Waals surface area contributed by atoms with Crippen molar-refractivity contribution >= 4 is 15.9 Å². The van der Waals surface area contributed by atoms with Crippen molar-refractivity contribution in [3.05, 3.63) is 34.1 Å². The van der Waals surface area contributed by atoms with Crippen LogP contribution in [0.25, 0.3) is 0 Å². The minimum atomic E-state index is -0.264. The number of nitrogens with one attached hydrogen (secondary N) is 1. The maximum absolute atomic E-state index is 13.4. The molecule has 1 saturated heterocycles. The molecule has 0 aliphatic carbocycles. The summed E-state index contributed by atoms with van der Waals surface area (Å²) < 4.78 is 14.2. The van der Waals surface area contributed by atoms with Crippen LogP contribution in [0.2, 0.25) is 0 Å². The summed E-state index contributed by atoms with van der Waals surface area (Å²) in [6, 6.07) is 4.48. The van der Waals surface area contributed by atoms with Gasteiger partial charge in [-0.1, -0.05) is 15.9 Å². The summed E-state index contributed by atoms with van der Waals surface area (Å²) in [5, 5.41) is 13.0. The van der Waals surface area contributed by atoms with Gasteiger partial charge in [0.05, 0.1) is 12.6 Å². The molecule has 100 valence electrons. The Balaban J connectivity index is 2.23. The summed E-state index contributed by atoms with van der Waals surface area (Å²) in [6.07, 6.45) is 1.05. The van der Waals surface area contributed by atoms with Crippen LogP contribution in [0, 0.1) is 5.82 Å². The third kappa shape index (κ3) is 3.29. The maximum atomic E-state index is 13.4. The first-order chi connectivity index (χ1) is 8.72. The Morgan fingerprint density at radius 3 is 3.00 bits per heavy atom. The molecule has 5 heteroatoms. The van der Waals surface area contributed by atoms with Crippen molar-refractivity contribution < 1.29 is 9.50 Å². The van der Waals surface area contributed by atoms with Gasteiger partial charge in [0, 0.05) is 24.1 Å². The standard InChI is InChI=1S/C13H18BrFN2O/c14-12-3-2-10(15)8-11(12)13(9-18)17-6-1-4-16-5-7-17/h2-3,8,13,16,18H,1,4-7,9H2. The van der Waals surface area contributed by atoms with Crippen LogP contribution >= 0.6 is 15.9 Å². The van der Waals surface area contributed by atoms with Crippen LogP contribution in [0.3, 0.4) is 0 Å². The molecule has 0 saturated carbocycles. The van der Waals surface area contributed by atoms with E-state index >= 15 is 0 Å². The first-order valence-electron chi connectivity index (χ1n) is 6.23. The second-order valence-corrected chi connectivity index (χ2v) is 5.36. The molecule has 3 nitrogen and oxygen atoms in total. The van der Waals surface area contributed by atoms with E-state index in [-0.39, 0.29) is 18.5 Å². The molecule has 0 radical (unpaired) electrons. The second kappa shape index (κ2) is 6.61. The third-order valence-electron chi connectivity index (χ3n) is 3.31. The van der Waals surface area contributed by atoms with Gasteiger partial charge in [0.1, 0.15) is 5.82 Å². The molecule has 1 aromatic rings. The van der Waals surface area contributed by atoms with Crippen molar-refractivity contribution in [3.63, 3.8) is 0 Å². The minimum Gasteiger partial charge on any atom is -0.394 e. The molecule has 0 aromatic heterocycles. The van der Waals surface area contributed by atoms with Crippen LogP contribution in [0.15, 0.2) is 22.7 Å². The van der Waals surface area contributed by atoms with Crippen LogP contribution in [0.1, 0.15) is 18.0 Å². The van der Waals surface area contributed by atoms with Gasteiger partial charge in [-0.25, -0.2) is 4.39 Å². The van der Waals surface area contributed by atoms with E-state index in [1.807, 2.05) is 0 Å². The van der Waals surface area contributed by atoms with E-state index in [1.54, 1.807) is 6.07 Å². The molecule has 1 fully saturated rings. The predicted molar refractivity (Wildman–Crippen MR) is 73.0 cm³/mol. The molecule has 1 unspecified atom stereocenters. The van der Waals surface area contributed by atoms with Crippen molar-refractivity contribution in [2.75, 3.05) is 32.8 Å². The van der Waals surface area contributed by atoms with Crippen LogP contribution in [-0.2, 0) is 0 Å². The Morgan fingerprint density at radius 2 is 2.22 bits per heavy atom. The summed E-state index contributed by atoms with van der Waals surface area (Å²) in [6.45, 7) is 3.69. The minimum absolute atomic E-state index is 0.00204. The summed E-state index contributed by atoms with van der Waals surface area (Å²) in [5.41, 5.74) is 0.819. The molecule has 1 atom stereocenters. The summed E-state index contributed by atoms with van der Waals surface area (Å²) in [5.74, 6) is -0.264. The molecular weight excluding hydrogens is 299 g/mol. The van der Waals surface area contributed by atoms with Crippen molar-refractivity contribution in [2.24, 2.45) is 0 Å². The van der Waals surface area contributed by atoms with E-state index < -0.39 is 0 Å². The van der Waals surface area contributed by atoms with Gasteiger partial charge in [0.15, 0.2) is 0 Å². The van der Waals surface area contributed by atoms with Gasteiger partial charge in [-0.2, -0.15) is 0 Å². The normalized spacial score (nSPS) is 19.5. The van der Waals surface area contributed by atoms with E-state index in [0.29, 0.717) is 0 Å². The average Bonchev–Trinajstić information content (AvgIpc) is 2.64. The quantitative estimate of drug-likeness (QED) is 0.894. The van der Waals surface area contributed by atoms with E-state index in [1.165, 1.54) is 12.1 Å². The van der Waals surface area contributed by atoms with E-state index in [4.69, 9.17) is 0 Å². The van der Waals surface area contributed by atoms with Crippen LogP contribution in [0.5, 0.6) is 0 Å². The van der Waals surface area contributed by atoms with Gasteiger partial charge >= 0.3 is 0 Å². The Bertz CT molecular complexity index is 395. The van der Waals surface area contributed by atoms with Crippen LogP contribution < -0.4 is 5.32 Å². The molecule has 2 rings (SSSR count). The smallest absolute Gasteiger partial charge is 0.123 e. The third-order valence-corrected chi connectivity index (χ3v) is 4.03. The number of hydrogen-bond donors (Lipinski definition) is 2. The molecule has 0 bridgehead atoms. The number of hydrogen-bond acceptors (Lipinski definition) is 3. The summed E-state index contributed by atoms with van der Waals surface area (Å²) in [4.78, 5) is 2.21. The van der Waals surface area contributed by atoms with Crippen molar-refractivity contribution in [3.8, 4) is 0 Å².